The van der Waals surface area contributed by atoms with Gasteiger partial charge in [0.25, 0.3) is 0 Å². The Hall–Kier alpha value is -3.00. The minimum atomic E-state index is -0.688. The molecule has 0 saturated heterocycles. The fourth-order valence-electron chi connectivity index (χ4n) is 4.85. The molecule has 0 aromatic heterocycles. The summed E-state index contributed by atoms with van der Waals surface area (Å²) in [6.45, 7) is 14.1. The van der Waals surface area contributed by atoms with E-state index >= 15 is 0 Å². The van der Waals surface area contributed by atoms with Crippen LogP contribution in [-0.2, 0) is 16.4 Å². The van der Waals surface area contributed by atoms with Crippen LogP contribution in [0.25, 0.3) is 6.08 Å². The van der Waals surface area contributed by atoms with Crippen molar-refractivity contribution in [2.75, 3.05) is 6.61 Å². The molecule has 2 aliphatic heterocycles. The molecule has 0 aliphatic carbocycles. The molecule has 3 aromatic carbocycles. The zero-order valence-corrected chi connectivity index (χ0v) is 20.0. The van der Waals surface area contributed by atoms with Crippen molar-refractivity contribution >= 4 is 6.08 Å². The monoisotopic (exact) mass is 424 g/mol. The first-order valence-corrected chi connectivity index (χ1v) is 11.5. The molecule has 0 fully saturated rings. The molecular formula is C30H32O2. The van der Waals surface area contributed by atoms with Crippen LogP contribution in [0.15, 0.2) is 72.3 Å². The summed E-state index contributed by atoms with van der Waals surface area (Å²) in [6, 6.07) is 23.5. The molecule has 3 aromatic rings. The van der Waals surface area contributed by atoms with Gasteiger partial charge in [-0.2, -0.15) is 0 Å². The lowest BCUT2D eigenvalue weighted by atomic mass is 9.73. The van der Waals surface area contributed by atoms with Crippen LogP contribution in [-0.4, -0.2) is 6.61 Å². The molecule has 0 amide bonds. The van der Waals surface area contributed by atoms with E-state index in [1.807, 2.05) is 12.1 Å². The van der Waals surface area contributed by atoms with E-state index in [-0.39, 0.29) is 10.8 Å². The maximum Gasteiger partial charge on any atom is 0.187 e. The average Bonchev–Trinajstić information content (AvgIpc) is 2.76. The third-order valence-electron chi connectivity index (χ3n) is 6.66. The van der Waals surface area contributed by atoms with E-state index in [0.29, 0.717) is 6.61 Å². The van der Waals surface area contributed by atoms with Crippen molar-refractivity contribution in [3.63, 3.8) is 0 Å². The van der Waals surface area contributed by atoms with E-state index in [0.717, 1.165) is 33.8 Å². The highest BCUT2D eigenvalue weighted by atomic mass is 16.5. The first-order valence-electron chi connectivity index (χ1n) is 11.5. The van der Waals surface area contributed by atoms with Crippen molar-refractivity contribution in [1.82, 2.24) is 0 Å². The molecule has 2 nitrogen and oxygen atoms in total. The standard InChI is InChI=1S/C30H32O2/c1-28(2,3)22-16-20-17-23-19-31-26-15-11-10-14-24(26)30(23,21-12-8-7-9-13-21)32-27(20)25(18-22)29(4,5)6/h7-18H,19H2,1-6H3. The Morgan fingerprint density at radius 3 is 2.16 bits per heavy atom. The molecule has 0 N–H and O–H groups in total. The number of ether oxygens (including phenoxy) is 2. The van der Waals surface area contributed by atoms with Crippen molar-refractivity contribution in [2.45, 2.75) is 58.0 Å². The first-order chi connectivity index (χ1) is 15.1. The van der Waals surface area contributed by atoms with E-state index in [2.05, 4.69) is 102 Å². The molecule has 1 unspecified atom stereocenters. The number of para-hydroxylation sites is 1. The SMILES string of the molecule is CC(C)(C)c1cc2c(c(C(C)(C)C)c1)OC1(c3ccccc3)C(=C2)COc2ccccc21. The molecule has 0 saturated carbocycles. The van der Waals surface area contributed by atoms with Gasteiger partial charge < -0.3 is 9.47 Å². The predicted molar refractivity (Wildman–Crippen MR) is 132 cm³/mol. The second-order valence-corrected chi connectivity index (χ2v) is 11.0. The number of benzene rings is 3. The van der Waals surface area contributed by atoms with Crippen molar-refractivity contribution in [2.24, 2.45) is 0 Å². The van der Waals surface area contributed by atoms with Gasteiger partial charge in [-0.25, -0.2) is 0 Å². The van der Waals surface area contributed by atoms with Crippen LogP contribution in [0.1, 0.15) is 69.4 Å². The molecule has 0 spiro atoms. The second kappa shape index (κ2) is 7.00. The van der Waals surface area contributed by atoms with Gasteiger partial charge in [-0.1, -0.05) is 96.1 Å². The van der Waals surface area contributed by atoms with E-state index in [1.54, 1.807) is 0 Å². The summed E-state index contributed by atoms with van der Waals surface area (Å²) >= 11 is 0. The zero-order valence-electron chi connectivity index (χ0n) is 20.0. The lowest BCUT2D eigenvalue weighted by molar-refractivity contribution is 0.109. The summed E-state index contributed by atoms with van der Waals surface area (Å²) in [5.41, 5.74) is 6.36. The van der Waals surface area contributed by atoms with Gasteiger partial charge in [0.2, 0.25) is 0 Å². The van der Waals surface area contributed by atoms with E-state index in [1.165, 1.54) is 11.1 Å². The van der Waals surface area contributed by atoms with Gasteiger partial charge in [-0.05, 0) is 34.6 Å². The molecule has 1 atom stereocenters. The van der Waals surface area contributed by atoms with Crippen LogP contribution in [0.2, 0.25) is 0 Å². The molecule has 2 heterocycles. The van der Waals surface area contributed by atoms with E-state index in [9.17, 15) is 0 Å². The lowest BCUT2D eigenvalue weighted by Gasteiger charge is -2.45. The van der Waals surface area contributed by atoms with Crippen LogP contribution in [0.3, 0.4) is 0 Å². The van der Waals surface area contributed by atoms with Crippen molar-refractivity contribution in [3.05, 3.63) is 100 Å². The molecule has 5 rings (SSSR count). The maximum atomic E-state index is 7.21. The summed E-state index contributed by atoms with van der Waals surface area (Å²) in [4.78, 5) is 0. The number of fused-ring (bicyclic) bond motifs is 4. The van der Waals surface area contributed by atoms with Gasteiger partial charge in [-0.15, -0.1) is 0 Å². The third-order valence-corrected chi connectivity index (χ3v) is 6.66. The highest BCUT2D eigenvalue weighted by molar-refractivity contribution is 5.73. The van der Waals surface area contributed by atoms with Crippen LogP contribution < -0.4 is 9.47 Å². The van der Waals surface area contributed by atoms with Crippen LogP contribution >= 0.6 is 0 Å². The maximum absolute atomic E-state index is 7.21. The van der Waals surface area contributed by atoms with Crippen molar-refractivity contribution < 1.29 is 9.47 Å². The van der Waals surface area contributed by atoms with E-state index < -0.39 is 5.60 Å². The summed E-state index contributed by atoms with van der Waals surface area (Å²) in [6.07, 6.45) is 2.31. The van der Waals surface area contributed by atoms with Gasteiger partial charge in [0.05, 0.1) is 0 Å². The van der Waals surface area contributed by atoms with Gasteiger partial charge in [0.15, 0.2) is 5.60 Å². The Kier molecular flexibility index (Phi) is 4.57. The molecule has 0 bridgehead atoms. The Labute approximate surface area is 191 Å². The van der Waals surface area contributed by atoms with Gasteiger partial charge in [0.1, 0.15) is 18.1 Å². The van der Waals surface area contributed by atoms with Crippen molar-refractivity contribution in [3.8, 4) is 11.5 Å². The van der Waals surface area contributed by atoms with Crippen molar-refractivity contribution in [1.29, 1.82) is 0 Å². The van der Waals surface area contributed by atoms with Gasteiger partial charge >= 0.3 is 0 Å². The van der Waals surface area contributed by atoms with Gasteiger partial charge in [-0.3, -0.25) is 0 Å². The second-order valence-electron chi connectivity index (χ2n) is 11.0. The smallest absolute Gasteiger partial charge is 0.187 e. The Morgan fingerprint density at radius 2 is 1.47 bits per heavy atom. The fourth-order valence-corrected chi connectivity index (χ4v) is 4.85. The third kappa shape index (κ3) is 3.16. The molecular weight excluding hydrogens is 392 g/mol. The Bertz CT molecular complexity index is 1210. The zero-order chi connectivity index (χ0) is 22.7. The van der Waals surface area contributed by atoms with E-state index in [4.69, 9.17) is 9.47 Å². The largest absolute Gasteiger partial charge is 0.489 e. The van der Waals surface area contributed by atoms with Crippen LogP contribution in [0, 0.1) is 0 Å². The highest BCUT2D eigenvalue weighted by Gasteiger charge is 2.49. The minimum Gasteiger partial charge on any atom is -0.489 e. The minimum absolute atomic E-state index is 0.0527. The first kappa shape index (κ1) is 20.9. The van der Waals surface area contributed by atoms with Crippen LogP contribution in [0.4, 0.5) is 0 Å². The molecule has 32 heavy (non-hydrogen) atoms. The Balaban J connectivity index is 1.84. The highest BCUT2D eigenvalue weighted by Crippen LogP contribution is 2.54. The molecule has 2 aliphatic rings. The summed E-state index contributed by atoms with van der Waals surface area (Å²) in [5, 5.41) is 0. The quantitative estimate of drug-likeness (QED) is 0.405. The van der Waals surface area contributed by atoms with Crippen LogP contribution in [0.5, 0.6) is 11.5 Å². The lowest BCUT2D eigenvalue weighted by Crippen LogP contribution is -2.44. The molecule has 2 heteroatoms. The van der Waals surface area contributed by atoms with Gasteiger partial charge in [0, 0.05) is 27.8 Å². The number of rotatable bonds is 1. The number of hydrogen-bond acceptors (Lipinski definition) is 2. The fraction of sp³-hybridized carbons (Fsp3) is 0.333. The summed E-state index contributed by atoms with van der Waals surface area (Å²) in [7, 11) is 0. The molecule has 164 valence electrons. The normalized spacial score (nSPS) is 19.6. The Morgan fingerprint density at radius 1 is 0.781 bits per heavy atom. The topological polar surface area (TPSA) is 18.5 Å². The average molecular weight is 425 g/mol. The molecule has 0 radical (unpaired) electrons. The summed E-state index contributed by atoms with van der Waals surface area (Å²) in [5.74, 6) is 1.87. The predicted octanol–water partition coefficient (Wildman–Crippen LogP) is 7.39. The summed E-state index contributed by atoms with van der Waals surface area (Å²) < 4.78 is 13.4. The number of hydrogen-bond donors (Lipinski definition) is 0.